The third-order valence-electron chi connectivity index (χ3n) is 7.43. The first kappa shape index (κ1) is 22.6. The first-order chi connectivity index (χ1) is 16.6. The summed E-state index contributed by atoms with van der Waals surface area (Å²) in [6.45, 7) is 7.85. The summed E-state index contributed by atoms with van der Waals surface area (Å²) in [4.78, 5) is 18.0. The number of hydrogen-bond donors (Lipinski definition) is 1. The number of aromatic nitrogens is 2. The molecule has 2 aromatic carbocycles. The van der Waals surface area contributed by atoms with Gasteiger partial charge in [0.1, 0.15) is 5.65 Å². The molecule has 0 unspecified atom stereocenters. The fourth-order valence-corrected chi connectivity index (χ4v) is 5.84. The molecule has 0 saturated heterocycles. The quantitative estimate of drug-likeness (QED) is 0.340. The van der Waals surface area contributed by atoms with E-state index in [1.807, 2.05) is 0 Å². The lowest BCUT2D eigenvalue weighted by Gasteiger charge is -2.23. The van der Waals surface area contributed by atoms with Crippen LogP contribution in [0.2, 0.25) is 0 Å². The van der Waals surface area contributed by atoms with Crippen LogP contribution in [0.25, 0.3) is 21.9 Å². The second-order valence-electron chi connectivity index (χ2n) is 9.94. The Labute approximate surface area is 202 Å². The van der Waals surface area contributed by atoms with Crippen LogP contribution in [-0.2, 0) is 11.3 Å². The van der Waals surface area contributed by atoms with E-state index in [9.17, 15) is 4.79 Å². The van der Waals surface area contributed by atoms with Gasteiger partial charge >= 0.3 is 0 Å². The number of nitrogens with zero attached hydrogens (tertiary/aromatic N) is 2. The summed E-state index contributed by atoms with van der Waals surface area (Å²) in [5.41, 5.74) is 6.95. The van der Waals surface area contributed by atoms with Gasteiger partial charge in [-0.2, -0.15) is 0 Å². The van der Waals surface area contributed by atoms with Crippen molar-refractivity contribution in [2.45, 2.75) is 65.3 Å². The molecule has 2 heterocycles. The third kappa shape index (κ3) is 4.22. The van der Waals surface area contributed by atoms with Crippen LogP contribution in [0.15, 0.2) is 54.6 Å². The smallest absolute Gasteiger partial charge is 0.227 e. The van der Waals surface area contributed by atoms with E-state index in [-0.39, 0.29) is 11.8 Å². The summed E-state index contributed by atoms with van der Waals surface area (Å²) in [5, 5.41) is 5.66. The van der Waals surface area contributed by atoms with Crippen LogP contribution in [0.1, 0.15) is 67.3 Å². The van der Waals surface area contributed by atoms with Crippen molar-refractivity contribution in [3.8, 4) is 0 Å². The van der Waals surface area contributed by atoms with Gasteiger partial charge in [0.2, 0.25) is 5.91 Å². The monoisotopic (exact) mass is 453 g/mol. The van der Waals surface area contributed by atoms with Crippen molar-refractivity contribution in [2.75, 3.05) is 6.54 Å². The molecule has 5 rings (SSSR count). The van der Waals surface area contributed by atoms with E-state index in [0.29, 0.717) is 5.92 Å². The van der Waals surface area contributed by atoms with Gasteiger partial charge in [-0.3, -0.25) is 4.79 Å². The number of hydrogen-bond acceptors (Lipinski definition) is 2. The number of carbonyl (C=O) groups is 1. The normalized spacial score (nSPS) is 15.3. The molecular weight excluding hydrogens is 418 g/mol. The van der Waals surface area contributed by atoms with Crippen molar-refractivity contribution >= 4 is 27.8 Å². The Morgan fingerprint density at radius 3 is 2.56 bits per heavy atom. The first-order valence-electron chi connectivity index (χ1n) is 12.8. The average Bonchev–Trinajstić information content (AvgIpc) is 3.46. The van der Waals surface area contributed by atoms with Crippen LogP contribution in [0, 0.1) is 19.8 Å². The standard InChI is InChI=1S/C30H35N3O/c1-4-17-31-30(34)28(23-9-5-6-10-23)24-15-13-22(14-16-24)19-33-26-12-8-7-11-25(26)27-20(2)18-21(3)32-29(27)33/h7-8,11-16,18,23,28H,4-6,9-10,17,19H2,1-3H3,(H,31,34)/t28-/m0/s1. The van der Waals surface area contributed by atoms with E-state index >= 15 is 0 Å². The molecule has 1 aliphatic carbocycles. The van der Waals surface area contributed by atoms with Crippen molar-refractivity contribution in [2.24, 2.45) is 5.92 Å². The van der Waals surface area contributed by atoms with Crippen molar-refractivity contribution in [1.29, 1.82) is 0 Å². The molecule has 2 aromatic heterocycles. The minimum Gasteiger partial charge on any atom is -0.356 e. The molecule has 4 nitrogen and oxygen atoms in total. The summed E-state index contributed by atoms with van der Waals surface area (Å²) in [5.74, 6) is 0.609. The van der Waals surface area contributed by atoms with Crippen LogP contribution in [0.3, 0.4) is 0 Å². The molecule has 1 amide bonds. The molecule has 176 valence electrons. The Hall–Kier alpha value is -3.14. The number of rotatable bonds is 7. The highest BCUT2D eigenvalue weighted by Gasteiger charge is 2.31. The Balaban J connectivity index is 1.49. The predicted molar refractivity (Wildman–Crippen MR) is 140 cm³/mol. The lowest BCUT2D eigenvalue weighted by atomic mass is 9.83. The molecule has 4 heteroatoms. The Kier molecular flexibility index (Phi) is 6.40. The maximum absolute atomic E-state index is 13.1. The van der Waals surface area contributed by atoms with E-state index in [1.54, 1.807) is 0 Å². The van der Waals surface area contributed by atoms with E-state index in [1.165, 1.54) is 40.3 Å². The molecule has 0 radical (unpaired) electrons. The summed E-state index contributed by atoms with van der Waals surface area (Å²) < 4.78 is 2.34. The minimum absolute atomic E-state index is 0.0386. The van der Waals surface area contributed by atoms with Crippen LogP contribution < -0.4 is 5.32 Å². The van der Waals surface area contributed by atoms with E-state index < -0.39 is 0 Å². The van der Waals surface area contributed by atoms with Crippen molar-refractivity contribution < 1.29 is 4.79 Å². The number of nitrogens with one attached hydrogen (secondary N) is 1. The number of benzene rings is 2. The van der Waals surface area contributed by atoms with Crippen molar-refractivity contribution in [3.05, 3.63) is 77.0 Å². The minimum atomic E-state index is -0.0386. The summed E-state index contributed by atoms with van der Waals surface area (Å²) in [6, 6.07) is 19.5. The molecule has 1 saturated carbocycles. The Bertz CT molecular complexity index is 1310. The molecule has 4 aromatic rings. The van der Waals surface area contributed by atoms with Crippen LogP contribution >= 0.6 is 0 Å². The molecule has 0 bridgehead atoms. The highest BCUT2D eigenvalue weighted by atomic mass is 16.1. The van der Waals surface area contributed by atoms with Gasteiger partial charge in [0.25, 0.3) is 0 Å². The SMILES string of the molecule is CCCNC(=O)[C@H](c1ccc(Cn2c3ccccc3c3c(C)cc(C)nc32)cc1)C1CCCC1. The highest BCUT2D eigenvalue weighted by Crippen LogP contribution is 2.38. The summed E-state index contributed by atoms with van der Waals surface area (Å²) in [6.07, 6.45) is 5.74. The molecule has 1 atom stereocenters. The number of amides is 1. The Morgan fingerprint density at radius 1 is 1.09 bits per heavy atom. The molecule has 1 aliphatic rings. The number of para-hydroxylation sites is 1. The lowest BCUT2D eigenvalue weighted by Crippen LogP contribution is -2.33. The Morgan fingerprint density at radius 2 is 1.82 bits per heavy atom. The average molecular weight is 454 g/mol. The molecular formula is C30H35N3O. The van der Waals surface area contributed by atoms with Crippen LogP contribution in [-0.4, -0.2) is 22.0 Å². The topological polar surface area (TPSA) is 46.9 Å². The number of carbonyl (C=O) groups excluding carboxylic acids is 1. The maximum atomic E-state index is 13.1. The summed E-state index contributed by atoms with van der Waals surface area (Å²) in [7, 11) is 0. The van der Waals surface area contributed by atoms with E-state index in [4.69, 9.17) is 4.98 Å². The molecule has 0 aliphatic heterocycles. The fourth-order valence-electron chi connectivity index (χ4n) is 5.84. The zero-order chi connectivity index (χ0) is 23.7. The fraction of sp³-hybridized carbons (Fsp3) is 0.400. The van der Waals surface area contributed by atoms with Gasteiger partial charge < -0.3 is 9.88 Å². The van der Waals surface area contributed by atoms with Gasteiger partial charge in [-0.05, 0) is 67.9 Å². The van der Waals surface area contributed by atoms with Crippen LogP contribution in [0.5, 0.6) is 0 Å². The van der Waals surface area contributed by atoms with Gasteiger partial charge in [-0.25, -0.2) is 4.98 Å². The van der Waals surface area contributed by atoms with E-state index in [2.05, 4.69) is 85.3 Å². The van der Waals surface area contributed by atoms with Crippen molar-refractivity contribution in [1.82, 2.24) is 14.9 Å². The van der Waals surface area contributed by atoms with Crippen molar-refractivity contribution in [3.63, 3.8) is 0 Å². The molecule has 34 heavy (non-hydrogen) atoms. The number of fused-ring (bicyclic) bond motifs is 3. The molecule has 0 spiro atoms. The van der Waals surface area contributed by atoms with Gasteiger partial charge in [0.05, 0.1) is 11.4 Å². The number of aryl methyl sites for hydroxylation is 2. The van der Waals surface area contributed by atoms with Gasteiger partial charge in [0.15, 0.2) is 0 Å². The zero-order valence-corrected chi connectivity index (χ0v) is 20.6. The second kappa shape index (κ2) is 9.61. The summed E-state index contributed by atoms with van der Waals surface area (Å²) >= 11 is 0. The lowest BCUT2D eigenvalue weighted by molar-refractivity contribution is -0.123. The van der Waals surface area contributed by atoms with Gasteiger partial charge in [-0.15, -0.1) is 0 Å². The maximum Gasteiger partial charge on any atom is 0.227 e. The van der Waals surface area contributed by atoms with E-state index in [0.717, 1.165) is 49.3 Å². The highest BCUT2D eigenvalue weighted by molar-refractivity contribution is 6.08. The largest absolute Gasteiger partial charge is 0.356 e. The second-order valence-corrected chi connectivity index (χ2v) is 9.94. The van der Waals surface area contributed by atoms with Gasteiger partial charge in [-0.1, -0.05) is 62.2 Å². The first-order valence-corrected chi connectivity index (χ1v) is 12.8. The predicted octanol–water partition coefficient (Wildman–Crippen LogP) is 6.65. The molecule has 1 fully saturated rings. The number of pyridine rings is 1. The van der Waals surface area contributed by atoms with Crippen LogP contribution in [0.4, 0.5) is 0 Å². The zero-order valence-electron chi connectivity index (χ0n) is 20.6. The van der Waals surface area contributed by atoms with Gasteiger partial charge in [0, 0.05) is 29.6 Å². The third-order valence-corrected chi connectivity index (χ3v) is 7.43. The molecule has 1 N–H and O–H groups in total.